The zero-order valence-corrected chi connectivity index (χ0v) is 14.9. The smallest absolute Gasteiger partial charge is 0.251 e. The number of nitrogens with one attached hydrogen (secondary N) is 1. The number of amides is 1. The van der Waals surface area contributed by atoms with Crippen molar-refractivity contribution in [3.63, 3.8) is 0 Å². The van der Waals surface area contributed by atoms with E-state index in [1.54, 1.807) is 6.20 Å². The number of carbonyl (C=O) groups excluding carboxylic acids is 1. The van der Waals surface area contributed by atoms with E-state index in [9.17, 15) is 4.79 Å². The molecule has 1 aromatic heterocycles. The summed E-state index contributed by atoms with van der Waals surface area (Å²) in [6.45, 7) is 3.69. The topological polar surface area (TPSA) is 54.5 Å². The molecule has 1 N–H and O–H groups in total. The van der Waals surface area contributed by atoms with Crippen LogP contribution in [0.25, 0.3) is 0 Å². The van der Waals surface area contributed by atoms with E-state index in [2.05, 4.69) is 37.2 Å². The van der Waals surface area contributed by atoms with Gasteiger partial charge in [-0.05, 0) is 35.9 Å². The third-order valence-corrected chi connectivity index (χ3v) is 4.65. The molecule has 126 valence electrons. The normalized spacial score (nSPS) is 16.5. The number of pyridine rings is 1. The molecule has 0 bridgehead atoms. The molecule has 2 aromatic rings. The van der Waals surface area contributed by atoms with Crippen LogP contribution in [0.1, 0.15) is 22.0 Å². The van der Waals surface area contributed by atoms with E-state index in [0.29, 0.717) is 12.1 Å². The summed E-state index contributed by atoms with van der Waals surface area (Å²) in [5.41, 5.74) is 1.76. The number of nitrogens with zero attached hydrogens (tertiary/aromatic N) is 2. The molecule has 5 nitrogen and oxygen atoms in total. The lowest BCUT2D eigenvalue weighted by Gasteiger charge is -2.34. The summed E-state index contributed by atoms with van der Waals surface area (Å²) in [7, 11) is 0. The van der Waals surface area contributed by atoms with Gasteiger partial charge in [0.15, 0.2) is 0 Å². The van der Waals surface area contributed by atoms with Crippen LogP contribution in [0.15, 0.2) is 53.3 Å². The van der Waals surface area contributed by atoms with Gasteiger partial charge in [-0.1, -0.05) is 22.0 Å². The van der Waals surface area contributed by atoms with Crippen LogP contribution in [0.3, 0.4) is 0 Å². The first-order valence-corrected chi connectivity index (χ1v) is 8.79. The van der Waals surface area contributed by atoms with Crippen molar-refractivity contribution in [1.29, 1.82) is 0 Å². The fraction of sp³-hybridized carbons (Fsp3) is 0.333. The van der Waals surface area contributed by atoms with Gasteiger partial charge < -0.3 is 10.1 Å². The molecule has 1 atom stereocenters. The van der Waals surface area contributed by atoms with E-state index in [-0.39, 0.29) is 11.9 Å². The van der Waals surface area contributed by atoms with Crippen LogP contribution < -0.4 is 5.32 Å². The predicted molar refractivity (Wildman–Crippen MR) is 95.8 cm³/mol. The Morgan fingerprint density at radius 2 is 2.00 bits per heavy atom. The van der Waals surface area contributed by atoms with Crippen molar-refractivity contribution < 1.29 is 9.53 Å². The van der Waals surface area contributed by atoms with E-state index >= 15 is 0 Å². The highest BCUT2D eigenvalue weighted by atomic mass is 79.9. The molecule has 1 aromatic carbocycles. The molecule has 0 aliphatic carbocycles. The van der Waals surface area contributed by atoms with E-state index in [1.807, 2.05) is 36.5 Å². The van der Waals surface area contributed by atoms with Gasteiger partial charge >= 0.3 is 0 Å². The highest BCUT2D eigenvalue weighted by Gasteiger charge is 2.23. The number of aromatic nitrogens is 1. The summed E-state index contributed by atoms with van der Waals surface area (Å²) < 4.78 is 6.40. The summed E-state index contributed by atoms with van der Waals surface area (Å²) >= 11 is 3.38. The number of halogens is 1. The van der Waals surface area contributed by atoms with Crippen molar-refractivity contribution >= 4 is 21.8 Å². The van der Waals surface area contributed by atoms with Gasteiger partial charge in [-0.2, -0.15) is 0 Å². The number of benzene rings is 1. The molecular formula is C18H20BrN3O2. The summed E-state index contributed by atoms with van der Waals surface area (Å²) in [6, 6.07) is 11.4. The average Bonchev–Trinajstić information content (AvgIpc) is 2.64. The molecule has 0 saturated carbocycles. The lowest BCUT2D eigenvalue weighted by Crippen LogP contribution is -2.43. The molecule has 24 heavy (non-hydrogen) atoms. The zero-order chi connectivity index (χ0) is 16.8. The maximum absolute atomic E-state index is 12.4. The lowest BCUT2D eigenvalue weighted by atomic mass is 10.1. The number of rotatable bonds is 5. The third-order valence-electron chi connectivity index (χ3n) is 4.12. The van der Waals surface area contributed by atoms with Gasteiger partial charge in [0, 0.05) is 42.1 Å². The first kappa shape index (κ1) is 17.1. The summed E-state index contributed by atoms with van der Waals surface area (Å²) in [6.07, 6.45) is 3.63. The Bertz CT molecular complexity index is 658. The molecule has 3 rings (SSSR count). The van der Waals surface area contributed by atoms with Crippen LogP contribution in [0.5, 0.6) is 0 Å². The Morgan fingerprint density at radius 3 is 2.67 bits per heavy atom. The van der Waals surface area contributed by atoms with Gasteiger partial charge in [0.05, 0.1) is 19.3 Å². The predicted octanol–water partition coefficient (Wildman–Crippen LogP) is 2.65. The largest absolute Gasteiger partial charge is 0.379 e. The van der Waals surface area contributed by atoms with Gasteiger partial charge in [0.2, 0.25) is 0 Å². The van der Waals surface area contributed by atoms with Crippen molar-refractivity contribution in [2.24, 2.45) is 0 Å². The summed E-state index contributed by atoms with van der Waals surface area (Å²) in [5, 5.41) is 3.05. The van der Waals surface area contributed by atoms with E-state index in [0.717, 1.165) is 36.3 Å². The van der Waals surface area contributed by atoms with Crippen LogP contribution in [-0.4, -0.2) is 48.6 Å². The minimum atomic E-state index is -0.0651. The molecule has 1 fully saturated rings. The van der Waals surface area contributed by atoms with Crippen LogP contribution in [0, 0.1) is 0 Å². The molecule has 1 aliphatic rings. The van der Waals surface area contributed by atoms with Gasteiger partial charge in [-0.3, -0.25) is 14.7 Å². The number of morpholine rings is 1. The maximum Gasteiger partial charge on any atom is 0.251 e. The second-order valence-electron chi connectivity index (χ2n) is 5.67. The maximum atomic E-state index is 12.4. The zero-order valence-electron chi connectivity index (χ0n) is 13.3. The van der Waals surface area contributed by atoms with E-state index in [1.165, 1.54) is 0 Å². The molecule has 1 saturated heterocycles. The van der Waals surface area contributed by atoms with Crippen LogP contribution in [0.4, 0.5) is 0 Å². The molecule has 1 aliphatic heterocycles. The summed E-state index contributed by atoms with van der Waals surface area (Å²) in [4.78, 5) is 18.9. The fourth-order valence-electron chi connectivity index (χ4n) is 2.81. The third kappa shape index (κ3) is 4.41. The Labute approximate surface area is 150 Å². The fourth-order valence-corrected chi connectivity index (χ4v) is 3.08. The van der Waals surface area contributed by atoms with Gasteiger partial charge in [0.1, 0.15) is 0 Å². The van der Waals surface area contributed by atoms with E-state index < -0.39 is 0 Å². The number of carbonyl (C=O) groups is 1. The standard InChI is InChI=1S/C18H20BrN3O2/c19-16-5-3-14(4-6-16)18(23)21-13-17(15-2-1-7-20-12-15)22-8-10-24-11-9-22/h1-7,12,17H,8-11,13H2,(H,21,23). The second-order valence-corrected chi connectivity index (χ2v) is 6.58. The highest BCUT2D eigenvalue weighted by Crippen LogP contribution is 2.20. The van der Waals surface area contributed by atoms with Crippen molar-refractivity contribution in [2.45, 2.75) is 6.04 Å². The van der Waals surface area contributed by atoms with Crippen molar-refractivity contribution in [2.75, 3.05) is 32.8 Å². The second kappa shape index (κ2) is 8.37. The first-order valence-electron chi connectivity index (χ1n) is 7.99. The van der Waals surface area contributed by atoms with Crippen molar-refractivity contribution in [3.8, 4) is 0 Å². The van der Waals surface area contributed by atoms with Gasteiger partial charge in [-0.25, -0.2) is 0 Å². The van der Waals surface area contributed by atoms with Crippen molar-refractivity contribution in [1.82, 2.24) is 15.2 Å². The van der Waals surface area contributed by atoms with Crippen LogP contribution in [0.2, 0.25) is 0 Å². The SMILES string of the molecule is O=C(NCC(c1cccnc1)N1CCOCC1)c1ccc(Br)cc1. The van der Waals surface area contributed by atoms with Gasteiger partial charge in [-0.15, -0.1) is 0 Å². The number of ether oxygens (including phenoxy) is 1. The van der Waals surface area contributed by atoms with E-state index in [4.69, 9.17) is 4.74 Å². The average molecular weight is 390 g/mol. The Hall–Kier alpha value is -1.76. The number of hydrogen-bond acceptors (Lipinski definition) is 4. The Kier molecular flexibility index (Phi) is 5.96. The highest BCUT2D eigenvalue weighted by molar-refractivity contribution is 9.10. The Balaban J connectivity index is 1.69. The van der Waals surface area contributed by atoms with Crippen molar-refractivity contribution in [3.05, 3.63) is 64.4 Å². The molecule has 1 amide bonds. The molecule has 6 heteroatoms. The van der Waals surface area contributed by atoms with Crippen LogP contribution >= 0.6 is 15.9 Å². The van der Waals surface area contributed by atoms with Gasteiger partial charge in [0.25, 0.3) is 5.91 Å². The molecular weight excluding hydrogens is 370 g/mol. The Morgan fingerprint density at radius 1 is 1.25 bits per heavy atom. The molecule has 0 spiro atoms. The first-order chi connectivity index (χ1) is 11.7. The quantitative estimate of drug-likeness (QED) is 0.853. The molecule has 1 unspecified atom stereocenters. The minimum Gasteiger partial charge on any atom is -0.379 e. The monoisotopic (exact) mass is 389 g/mol. The summed E-state index contributed by atoms with van der Waals surface area (Å²) in [5.74, 6) is -0.0651. The molecule has 2 heterocycles. The number of hydrogen-bond donors (Lipinski definition) is 1. The minimum absolute atomic E-state index is 0.0651. The van der Waals surface area contributed by atoms with Crippen LogP contribution in [-0.2, 0) is 4.74 Å². The lowest BCUT2D eigenvalue weighted by molar-refractivity contribution is 0.0161. The molecule has 0 radical (unpaired) electrons.